The molecule has 3 atom stereocenters. The van der Waals surface area contributed by atoms with Crippen molar-refractivity contribution < 1.29 is 46.9 Å². The first-order chi connectivity index (χ1) is 17.6. The highest BCUT2D eigenvalue weighted by Crippen LogP contribution is 2.51. The molecule has 0 spiro atoms. The van der Waals surface area contributed by atoms with Gasteiger partial charge in [-0.05, 0) is 33.6 Å². The van der Waals surface area contributed by atoms with Crippen LogP contribution >= 0.6 is 7.60 Å². The largest absolute Gasteiger partial charge is 0.510 e. The summed E-state index contributed by atoms with van der Waals surface area (Å²) in [6.45, 7) is 8.55. The normalized spacial score (nSPS) is 15.4. The fraction of sp³-hybridized carbons (Fsp3) is 0.667. The predicted octanol–water partition coefficient (Wildman–Crippen LogP) is 3.82. The Morgan fingerprint density at radius 1 is 0.973 bits per heavy atom. The summed E-state index contributed by atoms with van der Waals surface area (Å²) in [5.41, 5.74) is 6.75. The highest BCUT2D eigenvalue weighted by molar-refractivity contribution is 7.53. The van der Waals surface area contributed by atoms with Gasteiger partial charge in [0, 0.05) is 0 Å². The number of rotatable bonds is 15. The van der Waals surface area contributed by atoms with Gasteiger partial charge in [0.1, 0.15) is 18.2 Å². The van der Waals surface area contributed by atoms with E-state index in [2.05, 4.69) is 15.0 Å². The van der Waals surface area contributed by atoms with E-state index in [4.69, 9.17) is 38.5 Å². The molecule has 3 unspecified atom stereocenters. The lowest BCUT2D eigenvalue weighted by atomic mass is 10.4. The lowest BCUT2D eigenvalue weighted by Crippen LogP contribution is -2.25. The number of ether oxygens (including phenoxy) is 5. The fourth-order valence-corrected chi connectivity index (χ4v) is 4.47. The maximum Gasteiger partial charge on any atom is 0.510 e. The van der Waals surface area contributed by atoms with Crippen LogP contribution in [-0.2, 0) is 43.8 Å². The average Bonchev–Trinajstić information content (AvgIpc) is 3.23. The van der Waals surface area contributed by atoms with E-state index in [0.29, 0.717) is 24.0 Å². The molecule has 0 aliphatic carbocycles. The van der Waals surface area contributed by atoms with Gasteiger partial charge < -0.3 is 34.0 Å². The first-order valence-electron chi connectivity index (χ1n) is 11.7. The summed E-state index contributed by atoms with van der Waals surface area (Å²) in [5.74, 6) is 0.238. The van der Waals surface area contributed by atoms with E-state index in [0.717, 1.165) is 0 Å². The zero-order valence-corrected chi connectivity index (χ0v) is 22.4. The number of fused-ring (bicyclic) bond motifs is 1. The van der Waals surface area contributed by atoms with E-state index in [-0.39, 0.29) is 25.6 Å². The number of nitrogens with zero attached hydrogens (tertiary/aromatic N) is 4. The molecule has 0 saturated carbocycles. The number of anilines is 1. The molecular weight excluding hydrogens is 513 g/mol. The van der Waals surface area contributed by atoms with Crippen molar-refractivity contribution in [1.82, 2.24) is 19.5 Å². The maximum atomic E-state index is 13.5. The standard InChI is InChI=1S/C21H34N5O10P/c1-6-8-30-20(27)33-15(4)35-37(29,36-16(5)34-21(28)31-9-7-2)13-32-14(3)10-26-12-25-17-18(22)23-11-24-19(17)26/h11-12,14-16H,6-10,13H2,1-5H3,(H2,22,23,24). The summed E-state index contributed by atoms with van der Waals surface area (Å²) in [6.07, 6.45) is -1.74. The highest BCUT2D eigenvalue weighted by Gasteiger charge is 2.34. The van der Waals surface area contributed by atoms with Gasteiger partial charge in [-0.3, -0.25) is 13.6 Å². The van der Waals surface area contributed by atoms with Crippen molar-refractivity contribution in [1.29, 1.82) is 0 Å². The van der Waals surface area contributed by atoms with Gasteiger partial charge in [-0.2, -0.15) is 0 Å². The molecule has 0 saturated heterocycles. The lowest BCUT2D eigenvalue weighted by Gasteiger charge is -2.25. The third-order valence-corrected chi connectivity index (χ3v) is 6.09. The number of imidazole rings is 1. The molecule has 0 amide bonds. The monoisotopic (exact) mass is 547 g/mol. The smallest absolute Gasteiger partial charge is 0.434 e. The zero-order chi connectivity index (χ0) is 27.4. The Hall–Kier alpha value is -3.00. The van der Waals surface area contributed by atoms with Crippen molar-refractivity contribution in [2.75, 3.05) is 25.3 Å². The Balaban J connectivity index is 2.05. The molecule has 2 heterocycles. The molecular formula is C21H34N5O10P. The molecule has 0 bridgehead atoms. The summed E-state index contributed by atoms with van der Waals surface area (Å²) in [4.78, 5) is 35.7. The number of aromatic nitrogens is 4. The lowest BCUT2D eigenvalue weighted by molar-refractivity contribution is -0.0912. The number of carbonyl (C=O) groups is 2. The molecule has 0 aliphatic rings. The maximum absolute atomic E-state index is 13.5. The van der Waals surface area contributed by atoms with Crippen molar-refractivity contribution >= 4 is 36.9 Å². The fourth-order valence-electron chi connectivity index (χ4n) is 2.87. The Kier molecular flexibility index (Phi) is 12.0. The van der Waals surface area contributed by atoms with Crippen LogP contribution in [0.1, 0.15) is 47.5 Å². The van der Waals surface area contributed by atoms with Crippen LogP contribution in [0.4, 0.5) is 15.4 Å². The van der Waals surface area contributed by atoms with E-state index in [1.54, 1.807) is 11.5 Å². The van der Waals surface area contributed by atoms with Gasteiger partial charge in [-0.1, -0.05) is 13.8 Å². The average molecular weight is 548 g/mol. The van der Waals surface area contributed by atoms with Crippen LogP contribution in [0.15, 0.2) is 12.7 Å². The summed E-state index contributed by atoms with van der Waals surface area (Å²) in [6, 6.07) is 0. The Morgan fingerprint density at radius 2 is 1.54 bits per heavy atom. The number of hydrogen-bond acceptors (Lipinski definition) is 14. The zero-order valence-electron chi connectivity index (χ0n) is 21.5. The van der Waals surface area contributed by atoms with Crippen LogP contribution < -0.4 is 5.73 Å². The molecule has 2 N–H and O–H groups in total. The van der Waals surface area contributed by atoms with Crippen molar-refractivity contribution in [2.24, 2.45) is 0 Å². The first-order valence-corrected chi connectivity index (χ1v) is 13.4. The molecule has 0 aromatic carbocycles. The molecule has 0 fully saturated rings. The Bertz CT molecular complexity index is 1030. The van der Waals surface area contributed by atoms with Gasteiger partial charge >= 0.3 is 19.9 Å². The second-order valence-corrected chi connectivity index (χ2v) is 9.73. The highest BCUT2D eigenvalue weighted by atomic mass is 31.2. The van der Waals surface area contributed by atoms with Crippen molar-refractivity contribution in [3.63, 3.8) is 0 Å². The van der Waals surface area contributed by atoms with Gasteiger partial charge in [0.25, 0.3) is 0 Å². The molecule has 2 rings (SSSR count). The molecule has 16 heteroatoms. The van der Waals surface area contributed by atoms with E-state index < -0.39 is 44.9 Å². The summed E-state index contributed by atoms with van der Waals surface area (Å²) in [7, 11) is -4.15. The molecule has 208 valence electrons. The number of carbonyl (C=O) groups excluding carboxylic acids is 2. The second-order valence-electron chi connectivity index (χ2n) is 7.82. The van der Waals surface area contributed by atoms with Gasteiger partial charge in [-0.15, -0.1) is 0 Å². The number of nitrogen functional groups attached to an aromatic ring is 1. The summed E-state index contributed by atoms with van der Waals surface area (Å²) < 4.78 is 51.3. The van der Waals surface area contributed by atoms with Crippen LogP contribution in [-0.4, -0.2) is 70.1 Å². The SMILES string of the molecule is CCCOC(=O)OC(C)OP(=O)(COC(C)Cn1cnc2c(N)ncnc21)OC(C)OC(=O)OCCC. The minimum atomic E-state index is -4.15. The van der Waals surface area contributed by atoms with E-state index in [1.165, 1.54) is 26.5 Å². The predicted molar refractivity (Wildman–Crippen MR) is 129 cm³/mol. The number of hydrogen-bond donors (Lipinski definition) is 1. The van der Waals surface area contributed by atoms with E-state index in [9.17, 15) is 14.2 Å². The molecule has 2 aromatic heterocycles. The topological polar surface area (TPSA) is 185 Å². The minimum absolute atomic E-state index is 0.143. The van der Waals surface area contributed by atoms with Crippen molar-refractivity contribution in [2.45, 2.75) is 72.7 Å². The van der Waals surface area contributed by atoms with Gasteiger partial charge in [-0.25, -0.2) is 24.5 Å². The van der Waals surface area contributed by atoms with Gasteiger partial charge in [0.05, 0.1) is 32.2 Å². The molecule has 0 aliphatic heterocycles. The minimum Gasteiger partial charge on any atom is -0.434 e. The summed E-state index contributed by atoms with van der Waals surface area (Å²) >= 11 is 0. The van der Waals surface area contributed by atoms with Crippen LogP contribution in [0.5, 0.6) is 0 Å². The second kappa shape index (κ2) is 14.7. The van der Waals surface area contributed by atoms with Crippen molar-refractivity contribution in [3.8, 4) is 0 Å². The first kappa shape index (κ1) is 30.2. The molecule has 15 nitrogen and oxygen atoms in total. The van der Waals surface area contributed by atoms with Crippen LogP contribution in [0.3, 0.4) is 0 Å². The van der Waals surface area contributed by atoms with Crippen LogP contribution in [0, 0.1) is 0 Å². The van der Waals surface area contributed by atoms with Gasteiger partial charge in [0.15, 0.2) is 11.5 Å². The van der Waals surface area contributed by atoms with Crippen LogP contribution in [0.2, 0.25) is 0 Å². The Morgan fingerprint density at radius 3 is 2.08 bits per heavy atom. The molecule has 0 radical (unpaired) electrons. The third kappa shape index (κ3) is 10.1. The van der Waals surface area contributed by atoms with Gasteiger partial charge in [0.2, 0.25) is 12.6 Å². The van der Waals surface area contributed by atoms with Crippen molar-refractivity contribution in [3.05, 3.63) is 12.7 Å². The Labute approximate surface area is 214 Å². The van der Waals surface area contributed by atoms with E-state index in [1.807, 2.05) is 13.8 Å². The molecule has 37 heavy (non-hydrogen) atoms. The molecule has 2 aromatic rings. The quantitative estimate of drug-likeness (QED) is 0.193. The van der Waals surface area contributed by atoms with Crippen LogP contribution in [0.25, 0.3) is 11.2 Å². The third-order valence-electron chi connectivity index (χ3n) is 4.39. The number of nitrogens with two attached hydrogens (primary N) is 1. The summed E-state index contributed by atoms with van der Waals surface area (Å²) in [5, 5.41) is 0. The van der Waals surface area contributed by atoms with E-state index >= 15 is 0 Å².